The number of hydrogen-bond donors (Lipinski definition) is 3. The number of likely N-dealkylation sites (tertiary alicyclic amines) is 1. The van der Waals surface area contributed by atoms with Crippen LogP contribution in [0.15, 0.2) is 0 Å². The van der Waals surface area contributed by atoms with Gasteiger partial charge in [0.2, 0.25) is 17.6 Å². The molecule has 0 aromatic heterocycles. The third kappa shape index (κ3) is 7.70. The molecule has 8 heteroatoms. The highest BCUT2D eigenvalue weighted by molar-refractivity contribution is 6.37. The average molecular weight is 425 g/mol. The maximum absolute atomic E-state index is 12.9. The smallest absolute Gasteiger partial charge is 0.287 e. The number of nitrogens with zero attached hydrogens (tertiary/aromatic N) is 1. The van der Waals surface area contributed by atoms with Crippen molar-refractivity contribution in [2.45, 2.75) is 84.7 Å². The van der Waals surface area contributed by atoms with Crippen molar-refractivity contribution in [2.24, 2.45) is 29.2 Å². The summed E-state index contributed by atoms with van der Waals surface area (Å²) in [6, 6.07) is -1.56. The molecular weight excluding hydrogens is 384 g/mol. The van der Waals surface area contributed by atoms with Gasteiger partial charge in [-0.25, -0.2) is 0 Å². The second-order valence-electron chi connectivity index (χ2n) is 9.13. The molecule has 172 valence electrons. The normalized spacial score (nSPS) is 22.0. The van der Waals surface area contributed by atoms with Crippen LogP contribution in [0.3, 0.4) is 0 Å². The number of Topliss-reactive ketones (excluding diaryl/α,β-unsaturated/α-hetero) is 1. The summed E-state index contributed by atoms with van der Waals surface area (Å²) in [5.41, 5.74) is 10.6. The van der Waals surface area contributed by atoms with Crippen LogP contribution in [0, 0.1) is 17.8 Å². The van der Waals surface area contributed by atoms with Gasteiger partial charge in [-0.15, -0.1) is 0 Å². The van der Waals surface area contributed by atoms with E-state index in [2.05, 4.69) is 26.1 Å². The van der Waals surface area contributed by atoms with E-state index in [-0.39, 0.29) is 24.3 Å². The Hall–Kier alpha value is -1.96. The number of rotatable bonds is 9. The molecule has 2 rings (SSSR count). The number of hydrogen-bond acceptors (Lipinski definition) is 5. The topological polar surface area (TPSA) is 136 Å². The lowest BCUT2D eigenvalue weighted by Crippen LogP contribution is -2.55. The molecule has 30 heavy (non-hydrogen) atoms. The summed E-state index contributed by atoms with van der Waals surface area (Å²) in [5, 5.41) is 2.71. The highest BCUT2D eigenvalue weighted by atomic mass is 16.2. The minimum atomic E-state index is -1.04. The first-order valence-corrected chi connectivity index (χ1v) is 11.3. The number of amides is 3. The van der Waals surface area contributed by atoms with Crippen LogP contribution in [0.4, 0.5) is 0 Å². The minimum absolute atomic E-state index is 0.0310. The van der Waals surface area contributed by atoms with Crippen LogP contribution < -0.4 is 16.8 Å². The number of carbonyl (C=O) groups excluding carboxylic acids is 4. The van der Waals surface area contributed by atoms with Gasteiger partial charge in [-0.1, -0.05) is 53.4 Å². The molecule has 5 N–H and O–H groups in total. The SMILES string of the molecule is CC(C)C.CCC[C@H]1CCN(C(=O)CN)C1C(=O)NC(CC1CCC1)C(=O)C(N)=O. The molecule has 2 fully saturated rings. The Bertz CT molecular complexity index is 601. The van der Waals surface area contributed by atoms with E-state index in [4.69, 9.17) is 11.5 Å². The molecule has 2 aliphatic rings. The van der Waals surface area contributed by atoms with Crippen molar-refractivity contribution in [3.8, 4) is 0 Å². The molecule has 0 spiro atoms. The summed E-state index contributed by atoms with van der Waals surface area (Å²) in [6.07, 6.45) is 5.92. The Morgan fingerprint density at radius 2 is 1.70 bits per heavy atom. The Morgan fingerprint density at radius 1 is 1.10 bits per heavy atom. The Morgan fingerprint density at radius 3 is 2.13 bits per heavy atom. The molecule has 1 saturated carbocycles. The van der Waals surface area contributed by atoms with Crippen molar-refractivity contribution in [1.82, 2.24) is 10.2 Å². The summed E-state index contributed by atoms with van der Waals surface area (Å²) in [7, 11) is 0. The Kier molecular flexibility index (Phi) is 11.0. The zero-order valence-electron chi connectivity index (χ0n) is 19.0. The molecule has 3 amide bonds. The van der Waals surface area contributed by atoms with Crippen molar-refractivity contribution in [2.75, 3.05) is 13.1 Å². The highest BCUT2D eigenvalue weighted by Crippen LogP contribution is 2.32. The van der Waals surface area contributed by atoms with Gasteiger partial charge in [-0.05, 0) is 37.0 Å². The standard InChI is InChI=1S/C18H30N4O4.C4H10/c1-2-4-12-7-8-22(14(23)10-19)15(12)18(26)21-13(16(24)17(20)25)9-11-5-3-6-11;1-4(2)3/h11-13,15H,2-10,19H2,1H3,(H2,20,25)(H,21,26);4H,1-3H3/t12-,13?,15?;/m0./s1. The Labute approximate surface area is 180 Å². The van der Waals surface area contributed by atoms with E-state index in [1.54, 1.807) is 0 Å². The number of nitrogens with two attached hydrogens (primary N) is 2. The summed E-state index contributed by atoms with van der Waals surface area (Å²) in [4.78, 5) is 50.1. The van der Waals surface area contributed by atoms with Crippen molar-refractivity contribution in [3.63, 3.8) is 0 Å². The van der Waals surface area contributed by atoms with Gasteiger partial charge in [-0.2, -0.15) is 0 Å². The van der Waals surface area contributed by atoms with Crippen LogP contribution in [0.25, 0.3) is 0 Å². The lowest BCUT2D eigenvalue weighted by molar-refractivity contribution is -0.142. The predicted octanol–water partition coefficient (Wildman–Crippen LogP) is 1.35. The van der Waals surface area contributed by atoms with Crippen LogP contribution in [0.5, 0.6) is 0 Å². The molecule has 1 saturated heterocycles. The van der Waals surface area contributed by atoms with Crippen LogP contribution in [-0.4, -0.2) is 53.6 Å². The summed E-state index contributed by atoms with van der Waals surface area (Å²) >= 11 is 0. The molecule has 0 aromatic carbocycles. The third-order valence-corrected chi connectivity index (χ3v) is 5.62. The van der Waals surface area contributed by atoms with Gasteiger partial charge in [0.05, 0.1) is 12.6 Å². The fourth-order valence-corrected chi connectivity index (χ4v) is 4.00. The van der Waals surface area contributed by atoms with E-state index < -0.39 is 23.8 Å². The van der Waals surface area contributed by atoms with Gasteiger partial charge in [0.25, 0.3) is 5.91 Å². The first-order chi connectivity index (χ1) is 14.1. The van der Waals surface area contributed by atoms with E-state index in [0.717, 1.165) is 44.4 Å². The number of ketones is 1. The van der Waals surface area contributed by atoms with Crippen molar-refractivity contribution in [3.05, 3.63) is 0 Å². The summed E-state index contributed by atoms with van der Waals surface area (Å²) < 4.78 is 0. The zero-order chi connectivity index (χ0) is 22.8. The van der Waals surface area contributed by atoms with Gasteiger partial charge < -0.3 is 21.7 Å². The summed E-state index contributed by atoms with van der Waals surface area (Å²) in [6.45, 7) is 8.85. The maximum atomic E-state index is 12.9. The molecule has 1 aliphatic heterocycles. The first kappa shape index (κ1) is 26.1. The number of carbonyl (C=O) groups is 4. The molecule has 0 aromatic rings. The van der Waals surface area contributed by atoms with Gasteiger partial charge in [0.15, 0.2) is 0 Å². The van der Waals surface area contributed by atoms with E-state index in [0.29, 0.717) is 18.9 Å². The number of primary amides is 1. The van der Waals surface area contributed by atoms with E-state index in [9.17, 15) is 19.2 Å². The van der Waals surface area contributed by atoms with E-state index in [1.807, 2.05) is 6.92 Å². The van der Waals surface area contributed by atoms with Crippen LogP contribution in [0.1, 0.15) is 72.6 Å². The largest absolute Gasteiger partial charge is 0.363 e. The van der Waals surface area contributed by atoms with Gasteiger partial charge in [0, 0.05) is 6.54 Å². The molecule has 2 unspecified atom stereocenters. The fourth-order valence-electron chi connectivity index (χ4n) is 4.00. The van der Waals surface area contributed by atoms with Crippen LogP contribution in [-0.2, 0) is 19.2 Å². The van der Waals surface area contributed by atoms with Crippen LogP contribution >= 0.6 is 0 Å². The molecular formula is C22H40N4O4. The van der Waals surface area contributed by atoms with Crippen molar-refractivity contribution < 1.29 is 19.2 Å². The van der Waals surface area contributed by atoms with E-state index >= 15 is 0 Å². The van der Waals surface area contributed by atoms with Crippen LogP contribution in [0.2, 0.25) is 0 Å². The van der Waals surface area contributed by atoms with Gasteiger partial charge in [-0.3, -0.25) is 19.2 Å². The second-order valence-corrected chi connectivity index (χ2v) is 9.13. The molecule has 1 heterocycles. The summed E-state index contributed by atoms with van der Waals surface area (Å²) in [5.74, 6) is -1.29. The minimum Gasteiger partial charge on any atom is -0.363 e. The fraction of sp³-hybridized carbons (Fsp3) is 0.818. The predicted molar refractivity (Wildman–Crippen MR) is 116 cm³/mol. The highest BCUT2D eigenvalue weighted by Gasteiger charge is 2.42. The maximum Gasteiger partial charge on any atom is 0.287 e. The quantitative estimate of drug-likeness (QED) is 0.480. The molecule has 0 radical (unpaired) electrons. The third-order valence-electron chi connectivity index (χ3n) is 5.62. The Balaban J connectivity index is 0.00000103. The first-order valence-electron chi connectivity index (χ1n) is 11.3. The second kappa shape index (κ2) is 12.7. The molecule has 0 bridgehead atoms. The molecule has 1 aliphatic carbocycles. The average Bonchev–Trinajstić information content (AvgIpc) is 3.05. The molecule has 8 nitrogen and oxygen atoms in total. The van der Waals surface area contributed by atoms with Gasteiger partial charge in [0.1, 0.15) is 6.04 Å². The van der Waals surface area contributed by atoms with Gasteiger partial charge >= 0.3 is 0 Å². The number of nitrogens with one attached hydrogen (secondary N) is 1. The van der Waals surface area contributed by atoms with Crippen molar-refractivity contribution >= 4 is 23.5 Å². The van der Waals surface area contributed by atoms with Crippen molar-refractivity contribution in [1.29, 1.82) is 0 Å². The lowest BCUT2D eigenvalue weighted by atomic mass is 9.80. The lowest BCUT2D eigenvalue weighted by Gasteiger charge is -2.32. The monoisotopic (exact) mass is 424 g/mol. The van der Waals surface area contributed by atoms with E-state index in [1.165, 1.54) is 4.90 Å². The zero-order valence-corrected chi connectivity index (χ0v) is 19.0. The molecule has 3 atom stereocenters.